The van der Waals surface area contributed by atoms with Crippen LogP contribution < -0.4 is 16.0 Å². The molecular weight excluding hydrogens is 1280 g/mol. The van der Waals surface area contributed by atoms with Crippen molar-refractivity contribution in [1.82, 2.24) is 16.0 Å². The van der Waals surface area contributed by atoms with Gasteiger partial charge in [0.2, 0.25) is 17.7 Å². The molecule has 7 heterocycles. The fraction of sp³-hybridized carbons (Fsp3) is 0.922. The molecule has 7 aliphatic heterocycles. The van der Waals surface area contributed by atoms with Gasteiger partial charge in [-0.1, -0.05) is 0 Å². The summed E-state index contributed by atoms with van der Waals surface area (Å²) < 4.78 is 74.3. The Kier molecular flexibility index (Phi) is 27.2. The molecule has 42 nitrogen and oxygen atoms in total. The molecule has 0 bridgehead atoms. The van der Waals surface area contributed by atoms with Crippen molar-refractivity contribution >= 4 is 23.7 Å². The summed E-state index contributed by atoms with van der Waals surface area (Å²) in [6, 6.07) is -5.39. The van der Waals surface area contributed by atoms with Gasteiger partial charge in [-0.15, -0.1) is 0 Å². The highest BCUT2D eigenvalue weighted by molar-refractivity contribution is 5.77. The van der Waals surface area contributed by atoms with Gasteiger partial charge in [-0.3, -0.25) is 14.4 Å². The lowest BCUT2D eigenvalue weighted by Crippen LogP contribution is -2.71. The first-order valence-corrected chi connectivity index (χ1v) is 29.2. The molecule has 0 aliphatic carbocycles. The normalized spacial score (nSPS) is 47.2. The van der Waals surface area contributed by atoms with Crippen LogP contribution in [0.3, 0.4) is 0 Å². The Morgan fingerprint density at radius 2 is 0.806 bits per heavy atom. The van der Waals surface area contributed by atoms with E-state index in [4.69, 9.17) is 61.6 Å². The zero-order valence-electron chi connectivity index (χ0n) is 49.6. The molecular formula is C51H85N3O39. The lowest BCUT2D eigenvalue weighted by atomic mass is 9.88. The van der Waals surface area contributed by atoms with E-state index in [9.17, 15) is 132 Å². The summed E-state index contributed by atoms with van der Waals surface area (Å²) in [4.78, 5) is 50.3. The number of rotatable bonds is 25. The third-order valence-corrected chi connectivity index (χ3v) is 16.7. The maximum atomic E-state index is 12.8. The summed E-state index contributed by atoms with van der Waals surface area (Å²) in [5, 5.41) is 245. The SMILES string of the molecule is CC(=O)N[C@H]1[C@H](O[C@H]2[C@@H](O)[C@@H](CO)O[C@@H](O[C@H]3[C@H](O)[C@@H](NC(C)=O)[C@H](O[C@H]4[C@@H](O)[C@@H](CO)O[C@@H](O[C@H]5[C@H](O)[C@@H](O)C(O)O[C@@H]5CO)[C@@H]4O)O[C@@H]3CO)[C@@H]2O)O[C@H](CO)[C@@H](O[C@@H]2O[C@H](CO[C@]3(C(=O)O)C[C@H](O)[C@@H](NC(C)=O)[C@H]([C@H](O)[C@H](O)CO)O3)[C@H](O)[C@H](O)[C@H]2O)[C@@H]1O. The fourth-order valence-electron chi connectivity index (χ4n) is 11.8. The first-order valence-electron chi connectivity index (χ1n) is 29.2. The van der Waals surface area contributed by atoms with Crippen molar-refractivity contribution in [3.8, 4) is 0 Å². The van der Waals surface area contributed by atoms with Crippen LogP contribution in [0.2, 0.25) is 0 Å². The molecule has 0 aromatic heterocycles. The highest BCUT2D eigenvalue weighted by Crippen LogP contribution is 2.39. The zero-order valence-corrected chi connectivity index (χ0v) is 49.6. The average molecular weight is 1360 g/mol. The maximum absolute atomic E-state index is 12.8. The number of amides is 3. The smallest absolute Gasteiger partial charge is 0.364 e. The second-order valence-corrected chi connectivity index (χ2v) is 23.2. The van der Waals surface area contributed by atoms with Crippen LogP contribution in [0.1, 0.15) is 27.2 Å². The number of hydrogen-bond donors (Lipinski definition) is 25. The van der Waals surface area contributed by atoms with Crippen LogP contribution in [-0.4, -0.2) is 403 Å². The summed E-state index contributed by atoms with van der Waals surface area (Å²) in [5.74, 6) is -7.66. The number of carboxylic acid groups (broad SMARTS) is 1. The average Bonchev–Trinajstić information content (AvgIpc) is 0.787. The number of hydrogen-bond acceptors (Lipinski definition) is 38. The van der Waals surface area contributed by atoms with E-state index in [1.54, 1.807) is 0 Å². The molecule has 0 spiro atoms. The number of ether oxygens (including phenoxy) is 13. The molecule has 36 atom stereocenters. The highest BCUT2D eigenvalue weighted by Gasteiger charge is 2.60. The van der Waals surface area contributed by atoms with Crippen LogP contribution in [0.15, 0.2) is 0 Å². The molecule has 93 heavy (non-hydrogen) atoms. The highest BCUT2D eigenvalue weighted by atomic mass is 16.8. The van der Waals surface area contributed by atoms with Crippen LogP contribution in [0.4, 0.5) is 0 Å². The van der Waals surface area contributed by atoms with Crippen molar-refractivity contribution in [2.24, 2.45) is 0 Å². The number of aliphatic hydroxyl groups is 21. The van der Waals surface area contributed by atoms with Crippen molar-refractivity contribution in [3.63, 3.8) is 0 Å². The monoisotopic (exact) mass is 1360 g/mol. The van der Waals surface area contributed by atoms with Crippen LogP contribution in [-0.2, 0) is 80.8 Å². The van der Waals surface area contributed by atoms with E-state index in [-0.39, 0.29) is 0 Å². The van der Waals surface area contributed by atoms with E-state index >= 15 is 0 Å². The second-order valence-electron chi connectivity index (χ2n) is 23.2. The number of nitrogens with one attached hydrogen (secondary N) is 3. The summed E-state index contributed by atoms with van der Waals surface area (Å²) in [6.07, 6.45) is -66.1. The molecule has 3 amide bonds. The molecule has 1 unspecified atom stereocenters. The standard InChI is InChI=1S/C51H85N3O39/c1-12(61)52-23-15(64)4-51(50(79)80,93-41(23)26(66)16(65)5-55)81-11-22-27(67)32(72)35(75)47(87-22)88-38-20(9-59)85-45(24(30(38)70)53-13(2)62)91-42-28(68)17(6-56)83-48(36(42)76)89-39-21(10-60)86-46(25(31(39)71)54-14(3)63)92-43-29(69)18(7-57)84-49(37(43)77)90-40-19(8-58)82-44(78)34(74)33(40)73/h15-49,55-60,64-78H,4-11H2,1-3H3,(H,52,61)(H,53,62)(H,54,63)(H,79,80)/t15-,16+,17+,18+,19+,20+,21+,22+,23+,24+,25+,26+,27-,28-,29-,30+,31+,32-,33+,34+,35+,36+,37+,38+,39+,40+,41+,42-,43-,44?,45-,46-,47-,48-,49-,51+/m0/s1. The molecule has 0 saturated carbocycles. The predicted molar refractivity (Wildman–Crippen MR) is 284 cm³/mol. The van der Waals surface area contributed by atoms with Gasteiger partial charge in [-0.05, 0) is 0 Å². The lowest BCUT2D eigenvalue weighted by molar-refractivity contribution is -0.387. The Hall–Kier alpha value is -3.48. The Balaban J connectivity index is 1.07. The summed E-state index contributed by atoms with van der Waals surface area (Å²) in [7, 11) is 0. The summed E-state index contributed by atoms with van der Waals surface area (Å²) >= 11 is 0. The van der Waals surface area contributed by atoms with E-state index in [0.29, 0.717) is 0 Å². The molecule has 538 valence electrons. The molecule has 0 aromatic carbocycles. The van der Waals surface area contributed by atoms with E-state index < -0.39 is 297 Å². The zero-order chi connectivity index (χ0) is 69.0. The van der Waals surface area contributed by atoms with E-state index in [1.807, 2.05) is 0 Å². The third kappa shape index (κ3) is 16.8. The van der Waals surface area contributed by atoms with Crippen molar-refractivity contribution in [2.45, 2.75) is 248 Å². The van der Waals surface area contributed by atoms with E-state index in [2.05, 4.69) is 16.0 Å². The third-order valence-electron chi connectivity index (χ3n) is 16.7. The van der Waals surface area contributed by atoms with Crippen LogP contribution >= 0.6 is 0 Å². The first-order chi connectivity index (χ1) is 43.8. The van der Waals surface area contributed by atoms with Gasteiger partial charge in [0.25, 0.3) is 5.79 Å². The molecule has 25 N–H and O–H groups in total. The van der Waals surface area contributed by atoms with Crippen LogP contribution in [0.5, 0.6) is 0 Å². The Morgan fingerprint density at radius 1 is 0.430 bits per heavy atom. The number of carbonyl (C=O) groups excluding carboxylic acids is 3. The van der Waals surface area contributed by atoms with Crippen LogP contribution in [0, 0.1) is 0 Å². The van der Waals surface area contributed by atoms with Gasteiger partial charge in [-0.25, -0.2) is 4.79 Å². The van der Waals surface area contributed by atoms with E-state index in [1.165, 1.54) is 0 Å². The first kappa shape index (κ1) is 76.9. The Morgan fingerprint density at radius 3 is 1.22 bits per heavy atom. The fourth-order valence-corrected chi connectivity index (χ4v) is 11.8. The maximum Gasteiger partial charge on any atom is 0.364 e. The minimum Gasteiger partial charge on any atom is -0.477 e. The largest absolute Gasteiger partial charge is 0.477 e. The number of aliphatic hydroxyl groups excluding tert-OH is 21. The van der Waals surface area contributed by atoms with E-state index in [0.717, 1.165) is 20.8 Å². The van der Waals surface area contributed by atoms with Gasteiger partial charge in [0.15, 0.2) is 37.7 Å². The molecule has 7 aliphatic rings. The van der Waals surface area contributed by atoms with Gasteiger partial charge >= 0.3 is 5.97 Å². The minimum absolute atomic E-state index is 0.806. The van der Waals surface area contributed by atoms with Gasteiger partial charge in [0, 0.05) is 27.2 Å². The van der Waals surface area contributed by atoms with Crippen LogP contribution in [0.25, 0.3) is 0 Å². The molecule has 0 aromatic rings. The quantitative estimate of drug-likeness (QED) is 0.0404. The van der Waals surface area contributed by atoms with Gasteiger partial charge in [0.1, 0.15) is 165 Å². The molecule has 7 rings (SSSR count). The molecule has 7 fully saturated rings. The van der Waals surface area contributed by atoms with Crippen molar-refractivity contribution in [3.05, 3.63) is 0 Å². The topological polar surface area (TPSA) is 669 Å². The molecule has 7 saturated heterocycles. The number of carbonyl (C=O) groups is 4. The van der Waals surface area contributed by atoms with Gasteiger partial charge in [-0.2, -0.15) is 0 Å². The van der Waals surface area contributed by atoms with Gasteiger partial charge < -0.3 is 190 Å². The Bertz CT molecular complexity index is 2420. The summed E-state index contributed by atoms with van der Waals surface area (Å²) in [5.41, 5.74) is 0. The van der Waals surface area contributed by atoms with Crippen molar-refractivity contribution in [1.29, 1.82) is 0 Å². The summed E-state index contributed by atoms with van der Waals surface area (Å²) in [6.45, 7) is -4.69. The van der Waals surface area contributed by atoms with Crippen molar-refractivity contribution < 1.29 is 193 Å². The predicted octanol–water partition coefficient (Wildman–Crippen LogP) is -16.6. The molecule has 42 heteroatoms. The van der Waals surface area contributed by atoms with Gasteiger partial charge in [0.05, 0.1) is 58.4 Å². The second kappa shape index (κ2) is 32.9. The minimum atomic E-state index is -3.02. The lowest BCUT2D eigenvalue weighted by Gasteiger charge is -2.51. The Labute approximate surface area is 525 Å². The van der Waals surface area contributed by atoms with Crippen molar-refractivity contribution in [2.75, 3.05) is 46.2 Å². The number of aliphatic carboxylic acids is 1. The molecule has 0 radical (unpaired) electrons. The number of carboxylic acids is 1.